The Balaban J connectivity index is 1.33. The molecular weight excluding hydrogens is 697 g/mol. The maximum atomic E-state index is 10.5. The van der Waals surface area contributed by atoms with Crippen molar-refractivity contribution in [2.45, 2.75) is 34.6 Å². The number of pyridine rings is 1. The van der Waals surface area contributed by atoms with E-state index in [0.29, 0.717) is 54.7 Å². The minimum atomic E-state index is 0.282. The number of thiophene rings is 1. The predicted octanol–water partition coefficient (Wildman–Crippen LogP) is 13.0. The summed E-state index contributed by atoms with van der Waals surface area (Å²) in [6.07, 6.45) is 1.68. The number of aromatic nitrogens is 2. The summed E-state index contributed by atoms with van der Waals surface area (Å²) in [6.45, 7) is 9.97. The van der Waals surface area contributed by atoms with Gasteiger partial charge in [-0.15, -0.1) is 31.8 Å². The molecule has 0 radical (unpaired) electrons. The van der Waals surface area contributed by atoms with Crippen molar-refractivity contribution in [1.82, 2.24) is 9.97 Å². The number of hydrogen-bond acceptors (Lipinski definition) is 12. The van der Waals surface area contributed by atoms with Crippen LogP contribution in [0.3, 0.4) is 0 Å². The molecule has 0 aliphatic heterocycles. The molecule has 53 heavy (non-hydrogen) atoms. The van der Waals surface area contributed by atoms with E-state index in [4.69, 9.17) is 4.98 Å². The third-order valence-electron chi connectivity index (χ3n) is 8.69. The molecule has 10 nitrogen and oxygen atoms in total. The molecule has 3 aromatic heterocycles. The van der Waals surface area contributed by atoms with Crippen molar-refractivity contribution in [2.75, 3.05) is 10.6 Å². The van der Waals surface area contributed by atoms with Gasteiger partial charge in [0.05, 0.1) is 16.8 Å². The van der Waals surface area contributed by atoms with Gasteiger partial charge < -0.3 is 10.6 Å². The summed E-state index contributed by atoms with van der Waals surface area (Å²) in [5.74, 6) is 0.768. The molecule has 258 valence electrons. The number of azo groups is 2. The maximum absolute atomic E-state index is 10.5. The third-order valence-corrected chi connectivity index (χ3v) is 10.4. The fourth-order valence-electron chi connectivity index (χ4n) is 5.84. The smallest absolute Gasteiger partial charge is 0.161 e. The summed E-state index contributed by atoms with van der Waals surface area (Å²) in [5.41, 5.74) is 8.80. The van der Waals surface area contributed by atoms with E-state index < -0.39 is 0 Å². The fraction of sp³-hybridized carbons (Fsp3) is 0.122. The molecule has 0 amide bonds. The summed E-state index contributed by atoms with van der Waals surface area (Å²) in [7, 11) is 0. The number of hydrogen-bond donors (Lipinski definition) is 2. The third kappa shape index (κ3) is 7.28. The molecule has 0 unspecified atom stereocenters. The molecule has 7 rings (SSSR count). The first-order valence-corrected chi connectivity index (χ1v) is 18.3. The lowest BCUT2D eigenvalue weighted by Crippen LogP contribution is -2.04. The van der Waals surface area contributed by atoms with Gasteiger partial charge in [-0.25, -0.2) is 9.97 Å². The number of thiazole rings is 1. The first-order valence-electron chi connectivity index (χ1n) is 16.6. The fourth-order valence-corrected chi connectivity index (χ4v) is 7.49. The van der Waals surface area contributed by atoms with Gasteiger partial charge in [0.1, 0.15) is 28.4 Å². The van der Waals surface area contributed by atoms with E-state index in [1.165, 1.54) is 22.7 Å². The van der Waals surface area contributed by atoms with E-state index >= 15 is 0 Å². The van der Waals surface area contributed by atoms with Crippen molar-refractivity contribution in [3.05, 3.63) is 129 Å². The minimum absolute atomic E-state index is 0.282. The summed E-state index contributed by atoms with van der Waals surface area (Å²) < 4.78 is 0. The molecule has 0 aliphatic carbocycles. The monoisotopic (exact) mass is 728 g/mol. The Kier molecular flexibility index (Phi) is 9.82. The number of nitrogens with one attached hydrogen (secondary N) is 2. The summed E-state index contributed by atoms with van der Waals surface area (Å²) >= 11 is 2.59. The number of benzene rings is 4. The van der Waals surface area contributed by atoms with Crippen molar-refractivity contribution in [3.63, 3.8) is 0 Å². The Bertz CT molecular complexity index is 2620. The van der Waals surface area contributed by atoms with Crippen LogP contribution in [0.15, 0.2) is 111 Å². The minimum Gasteiger partial charge on any atom is -0.339 e. The molecule has 0 bridgehead atoms. The highest BCUT2D eigenvalue weighted by molar-refractivity contribution is 7.21. The van der Waals surface area contributed by atoms with E-state index in [2.05, 4.69) is 74.2 Å². The van der Waals surface area contributed by atoms with Gasteiger partial charge in [0.15, 0.2) is 21.6 Å². The molecule has 0 fully saturated rings. The van der Waals surface area contributed by atoms with Crippen LogP contribution in [0, 0.1) is 57.3 Å². The second-order valence-corrected chi connectivity index (χ2v) is 14.4. The van der Waals surface area contributed by atoms with Crippen LogP contribution in [0.2, 0.25) is 0 Å². The lowest BCUT2D eigenvalue weighted by Gasteiger charge is -2.16. The van der Waals surface area contributed by atoms with Crippen LogP contribution in [-0.2, 0) is 0 Å². The molecule has 0 aliphatic rings. The summed E-state index contributed by atoms with van der Waals surface area (Å²) in [4.78, 5) is 9.35. The zero-order chi connectivity index (χ0) is 37.1. The summed E-state index contributed by atoms with van der Waals surface area (Å²) in [6, 6.07) is 30.6. The molecule has 2 N–H and O–H groups in total. The van der Waals surface area contributed by atoms with E-state index in [-0.39, 0.29) is 5.56 Å². The number of anilines is 4. The van der Waals surface area contributed by atoms with Crippen molar-refractivity contribution in [2.24, 2.45) is 20.5 Å². The molecule has 0 atom stereocenters. The quantitative estimate of drug-likeness (QED) is 0.141. The molecule has 12 heteroatoms. The van der Waals surface area contributed by atoms with Crippen LogP contribution in [0.25, 0.3) is 21.3 Å². The zero-order valence-electron chi connectivity index (χ0n) is 29.6. The Hall–Kier alpha value is -6.60. The van der Waals surface area contributed by atoms with E-state index in [9.17, 15) is 10.5 Å². The number of aryl methyl sites for hydroxylation is 4. The van der Waals surface area contributed by atoms with Crippen LogP contribution in [0.5, 0.6) is 0 Å². The van der Waals surface area contributed by atoms with Crippen molar-refractivity contribution >= 4 is 77.8 Å². The second kappa shape index (κ2) is 14.9. The van der Waals surface area contributed by atoms with Gasteiger partial charge in [0.2, 0.25) is 0 Å². The van der Waals surface area contributed by atoms with Crippen LogP contribution in [0.4, 0.5) is 44.4 Å². The number of rotatable bonds is 9. The molecule has 0 spiro atoms. The van der Waals surface area contributed by atoms with E-state index in [1.807, 2.05) is 92.9 Å². The molecule has 7 aromatic rings. The van der Waals surface area contributed by atoms with E-state index in [1.54, 1.807) is 6.20 Å². The lowest BCUT2D eigenvalue weighted by atomic mass is 10.0. The van der Waals surface area contributed by atoms with Gasteiger partial charge in [-0.3, -0.25) is 0 Å². The first kappa shape index (κ1) is 34.8. The highest BCUT2D eigenvalue weighted by Gasteiger charge is 2.23. The molecule has 0 saturated carbocycles. The predicted molar refractivity (Wildman–Crippen MR) is 215 cm³/mol. The van der Waals surface area contributed by atoms with Crippen molar-refractivity contribution in [3.8, 4) is 22.7 Å². The highest BCUT2D eigenvalue weighted by atomic mass is 32.1. The molecule has 4 aromatic carbocycles. The summed E-state index contributed by atoms with van der Waals surface area (Å²) in [5, 5.41) is 51.6. The van der Waals surface area contributed by atoms with Gasteiger partial charge in [0.25, 0.3) is 0 Å². The Labute approximate surface area is 314 Å². The number of nitriles is 2. The van der Waals surface area contributed by atoms with Gasteiger partial charge >= 0.3 is 0 Å². The van der Waals surface area contributed by atoms with Gasteiger partial charge in [-0.05, 0) is 92.9 Å². The Morgan fingerprint density at radius 2 is 1.32 bits per heavy atom. The van der Waals surface area contributed by atoms with Crippen molar-refractivity contribution < 1.29 is 0 Å². The van der Waals surface area contributed by atoms with E-state index in [0.717, 1.165) is 44.4 Å². The largest absolute Gasteiger partial charge is 0.339 e. The average molecular weight is 729 g/mol. The van der Waals surface area contributed by atoms with Gasteiger partial charge in [0, 0.05) is 28.5 Å². The average Bonchev–Trinajstić information content (AvgIpc) is 3.81. The van der Waals surface area contributed by atoms with Crippen LogP contribution in [-0.4, -0.2) is 9.97 Å². The lowest BCUT2D eigenvalue weighted by molar-refractivity contribution is 1.17. The van der Waals surface area contributed by atoms with Gasteiger partial charge in [-0.2, -0.15) is 10.5 Å². The zero-order valence-corrected chi connectivity index (χ0v) is 31.2. The Morgan fingerprint density at radius 1 is 0.660 bits per heavy atom. The standard InChI is InChI=1S/C41H32N10S2/c1-23-9-13-28(14-10-23)45-37-33(21-42)27(5)36(38(47-37)46-29-15-11-24(2)12-16-29)49-50-39-34(22-43)35(40-44-17-18-52-40)41(53-39)51-48-30-19-26(4)31-8-6-7-25(3)32(31)20-30/h6-20H,1-5H3,(H2,45,46,47). The molecular formula is C41H32N10S2. The topological polar surface area (TPSA) is 147 Å². The molecule has 0 saturated heterocycles. The maximum Gasteiger partial charge on any atom is 0.161 e. The SMILES string of the molecule is Cc1ccc(Nc2nc(Nc3ccc(C)cc3)c(N=Nc3sc(N=Nc4cc(C)c5cccc(C)c5c4)c(-c4nccs4)c3C#N)c(C)c2C#N)cc1. The highest BCUT2D eigenvalue weighted by Crippen LogP contribution is 2.49. The normalized spacial score (nSPS) is 11.3. The molecule has 3 heterocycles. The van der Waals surface area contributed by atoms with Crippen molar-refractivity contribution in [1.29, 1.82) is 10.5 Å². The van der Waals surface area contributed by atoms with Gasteiger partial charge in [-0.1, -0.05) is 64.9 Å². The number of nitrogens with zero attached hydrogens (tertiary/aromatic N) is 8. The Morgan fingerprint density at radius 3 is 1.96 bits per heavy atom. The first-order chi connectivity index (χ1) is 25.7. The van der Waals surface area contributed by atoms with Crippen LogP contribution >= 0.6 is 22.7 Å². The van der Waals surface area contributed by atoms with Crippen LogP contribution < -0.4 is 10.6 Å². The van der Waals surface area contributed by atoms with Crippen LogP contribution in [0.1, 0.15) is 38.9 Å². The number of fused-ring (bicyclic) bond motifs is 1. The second-order valence-electron chi connectivity index (χ2n) is 12.5.